The lowest BCUT2D eigenvalue weighted by molar-refractivity contribution is 0.248. The van der Waals surface area contributed by atoms with Gasteiger partial charge in [0.1, 0.15) is 5.75 Å². The van der Waals surface area contributed by atoms with Gasteiger partial charge in [-0.15, -0.1) is 0 Å². The molecular formula is C17H21N3O2. The first-order chi connectivity index (χ1) is 10.6. The second-order valence-corrected chi connectivity index (χ2v) is 5.02. The summed E-state index contributed by atoms with van der Waals surface area (Å²) in [5.41, 5.74) is 2.75. The zero-order chi connectivity index (χ0) is 15.9. The molecule has 0 spiro atoms. The summed E-state index contributed by atoms with van der Waals surface area (Å²) in [5, 5.41) is 5.82. The van der Waals surface area contributed by atoms with Crippen LogP contribution in [0.2, 0.25) is 0 Å². The van der Waals surface area contributed by atoms with Crippen LogP contribution in [0.5, 0.6) is 5.75 Å². The van der Waals surface area contributed by atoms with Gasteiger partial charge in [-0.1, -0.05) is 6.92 Å². The Morgan fingerprint density at radius 3 is 2.59 bits per heavy atom. The summed E-state index contributed by atoms with van der Waals surface area (Å²) in [6, 6.07) is 9.09. The number of pyridine rings is 1. The molecule has 0 radical (unpaired) electrons. The molecule has 5 nitrogen and oxygen atoms in total. The largest absolute Gasteiger partial charge is 0.496 e. The summed E-state index contributed by atoms with van der Waals surface area (Å²) in [7, 11) is 1.63. The third kappa shape index (κ3) is 3.97. The van der Waals surface area contributed by atoms with Gasteiger partial charge in [0.15, 0.2) is 0 Å². The summed E-state index contributed by atoms with van der Waals surface area (Å²) < 4.78 is 5.21. The molecule has 2 aromatic rings. The molecule has 0 aliphatic carbocycles. The minimum Gasteiger partial charge on any atom is -0.496 e. The summed E-state index contributed by atoms with van der Waals surface area (Å²) in [6.45, 7) is 3.97. The lowest BCUT2D eigenvalue weighted by Crippen LogP contribution is -2.32. The van der Waals surface area contributed by atoms with Gasteiger partial charge in [-0.05, 0) is 54.8 Å². The third-order valence-corrected chi connectivity index (χ3v) is 3.47. The first-order valence-corrected chi connectivity index (χ1v) is 7.26. The number of anilines is 1. The minimum absolute atomic E-state index is 0.0395. The van der Waals surface area contributed by atoms with Gasteiger partial charge in [-0.3, -0.25) is 4.98 Å². The standard InChI is InChI=1S/C17H21N3O2/c1-4-15(13-7-9-18-10-8-13)20-17(21)19-14-5-6-16(22-3)12(2)11-14/h5-11,15H,4H2,1-3H3,(H2,19,20,21)/t15-/m1/s1. The van der Waals surface area contributed by atoms with Crippen LogP contribution >= 0.6 is 0 Å². The number of nitrogens with zero attached hydrogens (tertiary/aromatic N) is 1. The van der Waals surface area contributed by atoms with Crippen molar-refractivity contribution >= 4 is 11.7 Å². The maximum absolute atomic E-state index is 12.2. The normalized spacial score (nSPS) is 11.6. The van der Waals surface area contributed by atoms with Crippen LogP contribution in [0.25, 0.3) is 0 Å². The van der Waals surface area contributed by atoms with Crippen LogP contribution in [-0.2, 0) is 0 Å². The maximum Gasteiger partial charge on any atom is 0.319 e. The highest BCUT2D eigenvalue weighted by Crippen LogP contribution is 2.21. The Morgan fingerprint density at radius 1 is 1.27 bits per heavy atom. The molecule has 2 rings (SSSR count). The minimum atomic E-state index is -0.228. The number of methoxy groups -OCH3 is 1. The van der Waals surface area contributed by atoms with E-state index in [1.54, 1.807) is 19.5 Å². The van der Waals surface area contributed by atoms with Crippen LogP contribution in [0.4, 0.5) is 10.5 Å². The van der Waals surface area contributed by atoms with E-state index in [1.807, 2.05) is 44.2 Å². The van der Waals surface area contributed by atoms with Crippen molar-refractivity contribution in [3.8, 4) is 5.75 Å². The lowest BCUT2D eigenvalue weighted by Gasteiger charge is -2.18. The fraction of sp³-hybridized carbons (Fsp3) is 0.294. The maximum atomic E-state index is 12.2. The van der Waals surface area contributed by atoms with Gasteiger partial charge in [0.05, 0.1) is 13.2 Å². The Kier molecular flexibility index (Phi) is 5.36. The van der Waals surface area contributed by atoms with Crippen molar-refractivity contribution in [2.45, 2.75) is 26.3 Å². The number of carbonyl (C=O) groups excluding carboxylic acids is 1. The zero-order valence-corrected chi connectivity index (χ0v) is 13.1. The van der Waals surface area contributed by atoms with Crippen molar-refractivity contribution in [2.75, 3.05) is 12.4 Å². The number of aryl methyl sites for hydroxylation is 1. The topological polar surface area (TPSA) is 63.2 Å². The molecule has 1 aromatic heterocycles. The molecule has 0 aliphatic rings. The first kappa shape index (κ1) is 15.8. The van der Waals surface area contributed by atoms with Crippen molar-refractivity contribution in [3.05, 3.63) is 53.9 Å². The van der Waals surface area contributed by atoms with Crippen LogP contribution in [0.3, 0.4) is 0 Å². The average molecular weight is 299 g/mol. The van der Waals surface area contributed by atoms with Crippen molar-refractivity contribution in [1.82, 2.24) is 10.3 Å². The van der Waals surface area contributed by atoms with Crippen molar-refractivity contribution in [1.29, 1.82) is 0 Å². The van der Waals surface area contributed by atoms with Gasteiger partial charge in [-0.25, -0.2) is 4.79 Å². The van der Waals surface area contributed by atoms with E-state index in [2.05, 4.69) is 15.6 Å². The predicted octanol–water partition coefficient (Wildman–Crippen LogP) is 3.67. The number of urea groups is 1. The van der Waals surface area contributed by atoms with E-state index < -0.39 is 0 Å². The predicted molar refractivity (Wildman–Crippen MR) is 87.2 cm³/mol. The van der Waals surface area contributed by atoms with E-state index in [0.717, 1.165) is 29.0 Å². The zero-order valence-electron chi connectivity index (χ0n) is 13.1. The lowest BCUT2D eigenvalue weighted by atomic mass is 10.1. The Morgan fingerprint density at radius 2 is 2.00 bits per heavy atom. The smallest absolute Gasteiger partial charge is 0.319 e. The Labute approximate surface area is 130 Å². The first-order valence-electron chi connectivity index (χ1n) is 7.26. The van der Waals surface area contributed by atoms with E-state index in [1.165, 1.54) is 0 Å². The monoisotopic (exact) mass is 299 g/mol. The van der Waals surface area contributed by atoms with Gasteiger partial charge in [-0.2, -0.15) is 0 Å². The Hall–Kier alpha value is -2.56. The van der Waals surface area contributed by atoms with Crippen molar-refractivity contribution in [2.24, 2.45) is 0 Å². The molecule has 2 N–H and O–H groups in total. The molecule has 1 heterocycles. The average Bonchev–Trinajstić information content (AvgIpc) is 2.53. The molecule has 0 bridgehead atoms. The van der Waals surface area contributed by atoms with Gasteiger partial charge >= 0.3 is 6.03 Å². The van der Waals surface area contributed by atoms with Crippen molar-refractivity contribution in [3.63, 3.8) is 0 Å². The van der Waals surface area contributed by atoms with E-state index in [4.69, 9.17) is 4.74 Å². The molecule has 0 fully saturated rings. The third-order valence-electron chi connectivity index (χ3n) is 3.47. The molecule has 0 aliphatic heterocycles. The quantitative estimate of drug-likeness (QED) is 0.885. The fourth-order valence-electron chi connectivity index (χ4n) is 2.30. The molecule has 2 amide bonds. The number of carbonyl (C=O) groups is 1. The number of nitrogens with one attached hydrogen (secondary N) is 2. The molecule has 116 valence electrons. The number of amides is 2. The van der Waals surface area contributed by atoms with E-state index in [9.17, 15) is 4.79 Å². The van der Waals surface area contributed by atoms with E-state index >= 15 is 0 Å². The number of rotatable bonds is 5. The van der Waals surface area contributed by atoms with Gasteiger partial charge in [0, 0.05) is 18.1 Å². The fourth-order valence-corrected chi connectivity index (χ4v) is 2.30. The molecule has 0 unspecified atom stereocenters. The molecule has 22 heavy (non-hydrogen) atoms. The number of benzene rings is 1. The van der Waals surface area contributed by atoms with Crippen LogP contribution in [-0.4, -0.2) is 18.1 Å². The number of aromatic nitrogens is 1. The SMILES string of the molecule is CC[C@@H](NC(=O)Nc1ccc(OC)c(C)c1)c1ccncc1. The Balaban J connectivity index is 2.01. The second kappa shape index (κ2) is 7.45. The highest BCUT2D eigenvalue weighted by atomic mass is 16.5. The highest BCUT2D eigenvalue weighted by molar-refractivity contribution is 5.89. The molecule has 0 saturated carbocycles. The molecule has 1 atom stereocenters. The summed E-state index contributed by atoms with van der Waals surface area (Å²) in [6.07, 6.45) is 4.26. The van der Waals surface area contributed by atoms with Crippen LogP contribution in [0.1, 0.15) is 30.5 Å². The number of hydrogen-bond donors (Lipinski definition) is 2. The molecular weight excluding hydrogens is 278 g/mol. The van der Waals surface area contributed by atoms with Crippen LogP contribution in [0.15, 0.2) is 42.7 Å². The van der Waals surface area contributed by atoms with Crippen LogP contribution in [0, 0.1) is 6.92 Å². The second-order valence-electron chi connectivity index (χ2n) is 5.02. The Bertz CT molecular complexity index is 629. The van der Waals surface area contributed by atoms with Gasteiger partial charge in [0.25, 0.3) is 0 Å². The van der Waals surface area contributed by atoms with Crippen molar-refractivity contribution < 1.29 is 9.53 Å². The van der Waals surface area contributed by atoms with E-state index in [-0.39, 0.29) is 12.1 Å². The molecule has 1 aromatic carbocycles. The summed E-state index contributed by atoms with van der Waals surface area (Å²) in [4.78, 5) is 16.1. The van der Waals surface area contributed by atoms with Crippen LogP contribution < -0.4 is 15.4 Å². The summed E-state index contributed by atoms with van der Waals surface area (Å²) in [5.74, 6) is 0.800. The summed E-state index contributed by atoms with van der Waals surface area (Å²) >= 11 is 0. The van der Waals surface area contributed by atoms with Gasteiger partial charge in [0.2, 0.25) is 0 Å². The van der Waals surface area contributed by atoms with E-state index in [0.29, 0.717) is 0 Å². The molecule has 5 heteroatoms. The highest BCUT2D eigenvalue weighted by Gasteiger charge is 2.12. The number of hydrogen-bond acceptors (Lipinski definition) is 3. The molecule has 0 saturated heterocycles. The van der Waals surface area contributed by atoms with Gasteiger partial charge < -0.3 is 15.4 Å². The number of ether oxygens (including phenoxy) is 1.